The monoisotopic (exact) mass is 306 g/mol. The average molecular weight is 306 g/mol. The molecule has 0 saturated carbocycles. The number of aliphatic hydroxyl groups excluding tert-OH is 1. The molecule has 0 saturated heterocycles. The van der Waals surface area contributed by atoms with Crippen molar-refractivity contribution >= 4 is 0 Å². The van der Waals surface area contributed by atoms with Crippen molar-refractivity contribution in [2.75, 3.05) is 0 Å². The third kappa shape index (κ3) is 4.42. The molecule has 1 aromatic carbocycles. The molecule has 0 heterocycles. The predicted octanol–water partition coefficient (Wildman–Crippen LogP) is 3.70. The second kappa shape index (κ2) is 8.47. The molecule has 0 radical (unpaired) electrons. The van der Waals surface area contributed by atoms with Crippen LogP contribution in [0.25, 0.3) is 0 Å². The van der Waals surface area contributed by atoms with Gasteiger partial charge in [-0.25, -0.2) is 0 Å². The maximum absolute atomic E-state index is 11.0. The highest BCUT2D eigenvalue weighted by atomic mass is 16.5. The van der Waals surface area contributed by atoms with E-state index in [1.165, 1.54) is 0 Å². The second-order valence-electron chi connectivity index (χ2n) is 6.03. The summed E-state index contributed by atoms with van der Waals surface area (Å²) in [5.41, 5.74) is 0.723. The van der Waals surface area contributed by atoms with E-state index in [4.69, 9.17) is 4.74 Å². The molecule has 0 amide bonds. The van der Waals surface area contributed by atoms with E-state index in [2.05, 4.69) is 6.58 Å². The first-order chi connectivity index (χ1) is 10.4. The van der Waals surface area contributed by atoms with Crippen LogP contribution in [0.4, 0.5) is 0 Å². The van der Waals surface area contributed by atoms with Crippen LogP contribution < -0.4 is 0 Å². The third-order valence-electron chi connectivity index (χ3n) is 4.75. The largest absolute Gasteiger partial charge is 0.388 e. The Bertz CT molecular complexity index is 457. The Morgan fingerprint density at radius 3 is 2.32 bits per heavy atom. The van der Waals surface area contributed by atoms with Gasteiger partial charge >= 0.3 is 0 Å². The molecule has 0 spiro atoms. The van der Waals surface area contributed by atoms with Gasteiger partial charge in [0.25, 0.3) is 0 Å². The summed E-state index contributed by atoms with van der Waals surface area (Å²) in [6.45, 7) is 11.9. The number of rotatable bonds is 9. The number of ether oxygens (including phenoxy) is 1. The highest BCUT2D eigenvalue weighted by molar-refractivity contribution is 5.13. The number of benzene rings is 1. The highest BCUT2D eigenvalue weighted by Crippen LogP contribution is 2.32. The summed E-state index contributed by atoms with van der Waals surface area (Å²) < 4.78 is 5.88. The maximum atomic E-state index is 11.0. The number of hydrogen-bond donors (Lipinski definition) is 2. The van der Waals surface area contributed by atoms with E-state index in [1.54, 1.807) is 0 Å². The van der Waals surface area contributed by atoms with Crippen LogP contribution in [-0.2, 0) is 11.3 Å². The van der Waals surface area contributed by atoms with Gasteiger partial charge < -0.3 is 14.9 Å². The van der Waals surface area contributed by atoms with Crippen molar-refractivity contribution in [1.82, 2.24) is 0 Å². The summed E-state index contributed by atoms with van der Waals surface area (Å²) in [6.07, 6.45) is 0.104. The Kier molecular flexibility index (Phi) is 7.27. The maximum Gasteiger partial charge on any atom is 0.0956 e. The Hall–Kier alpha value is -1.16. The van der Waals surface area contributed by atoms with E-state index in [9.17, 15) is 10.2 Å². The molecule has 0 aromatic heterocycles. The number of aliphatic hydroxyl groups is 2. The lowest BCUT2D eigenvalue weighted by Gasteiger charge is -2.41. The zero-order chi connectivity index (χ0) is 16.8. The van der Waals surface area contributed by atoms with Gasteiger partial charge in [-0.3, -0.25) is 0 Å². The van der Waals surface area contributed by atoms with E-state index >= 15 is 0 Å². The van der Waals surface area contributed by atoms with Crippen LogP contribution in [0.5, 0.6) is 0 Å². The Morgan fingerprint density at radius 2 is 1.82 bits per heavy atom. The first kappa shape index (κ1) is 18.9. The molecule has 0 fully saturated rings. The normalized spacial score (nSPS) is 18.3. The summed E-state index contributed by atoms with van der Waals surface area (Å²) in [5.74, 6) is -0.337. The van der Waals surface area contributed by atoms with Gasteiger partial charge in [-0.05, 0) is 30.9 Å². The van der Waals surface area contributed by atoms with Crippen LogP contribution in [0.1, 0.15) is 46.1 Å². The molecule has 0 bridgehead atoms. The fourth-order valence-electron chi connectivity index (χ4n) is 2.76. The molecular formula is C19H30O3. The summed E-state index contributed by atoms with van der Waals surface area (Å²) in [5, 5.41) is 21.4. The van der Waals surface area contributed by atoms with Crippen molar-refractivity contribution in [3.8, 4) is 0 Å². The van der Waals surface area contributed by atoms with Crippen LogP contribution in [0, 0.1) is 5.92 Å². The van der Waals surface area contributed by atoms with Gasteiger partial charge in [0.05, 0.1) is 24.4 Å². The van der Waals surface area contributed by atoms with Gasteiger partial charge in [-0.15, -0.1) is 0 Å². The topological polar surface area (TPSA) is 49.7 Å². The highest BCUT2D eigenvalue weighted by Gasteiger charge is 2.42. The van der Waals surface area contributed by atoms with Gasteiger partial charge in [0.1, 0.15) is 0 Å². The third-order valence-corrected chi connectivity index (χ3v) is 4.75. The standard InChI is InChI=1S/C19H30O3/c1-6-14(3)18(20)15(4)19(21,7-2)16(5)22-13-17-11-9-8-10-12-17/h8-12,15-16,18,20-21H,3,6-7,13H2,1-2,4-5H3/t15-,16+,18+,19-/m1/s1. The lowest BCUT2D eigenvalue weighted by molar-refractivity contribution is -0.153. The lowest BCUT2D eigenvalue weighted by Crippen LogP contribution is -2.51. The van der Waals surface area contributed by atoms with E-state index in [1.807, 2.05) is 58.0 Å². The van der Waals surface area contributed by atoms with Crippen LogP contribution in [0.2, 0.25) is 0 Å². The fourth-order valence-corrected chi connectivity index (χ4v) is 2.76. The number of hydrogen-bond acceptors (Lipinski definition) is 3. The van der Waals surface area contributed by atoms with Gasteiger partial charge in [0.15, 0.2) is 0 Å². The summed E-state index contributed by atoms with van der Waals surface area (Å²) in [7, 11) is 0. The van der Waals surface area contributed by atoms with Crippen molar-refractivity contribution in [1.29, 1.82) is 0 Å². The Labute approximate surface area is 134 Å². The smallest absolute Gasteiger partial charge is 0.0956 e. The summed E-state index contributed by atoms with van der Waals surface area (Å²) in [4.78, 5) is 0. The van der Waals surface area contributed by atoms with Crippen LogP contribution in [-0.4, -0.2) is 28.0 Å². The molecule has 4 atom stereocenters. The van der Waals surface area contributed by atoms with Crippen molar-refractivity contribution in [2.24, 2.45) is 5.92 Å². The first-order valence-electron chi connectivity index (χ1n) is 8.10. The van der Waals surface area contributed by atoms with Crippen molar-refractivity contribution in [3.63, 3.8) is 0 Å². The van der Waals surface area contributed by atoms with Gasteiger partial charge in [-0.2, -0.15) is 0 Å². The predicted molar refractivity (Wildman–Crippen MR) is 90.5 cm³/mol. The molecule has 22 heavy (non-hydrogen) atoms. The van der Waals surface area contributed by atoms with Crippen LogP contribution >= 0.6 is 0 Å². The SMILES string of the molecule is C=C(CC)[C@H](O)[C@@H](C)[C@](O)(CC)[C@H](C)OCc1ccccc1. The Balaban J connectivity index is 2.76. The minimum absolute atomic E-state index is 0.337. The van der Waals surface area contributed by atoms with Crippen molar-refractivity contribution in [2.45, 2.75) is 65.0 Å². The molecular weight excluding hydrogens is 276 g/mol. The average Bonchev–Trinajstić information content (AvgIpc) is 2.57. The molecule has 3 nitrogen and oxygen atoms in total. The van der Waals surface area contributed by atoms with Crippen LogP contribution in [0.3, 0.4) is 0 Å². The molecule has 0 aliphatic rings. The molecule has 0 aliphatic carbocycles. The van der Waals surface area contributed by atoms with E-state index < -0.39 is 11.7 Å². The lowest BCUT2D eigenvalue weighted by atomic mass is 9.77. The van der Waals surface area contributed by atoms with Crippen molar-refractivity contribution in [3.05, 3.63) is 48.0 Å². The first-order valence-corrected chi connectivity index (χ1v) is 8.10. The van der Waals surface area contributed by atoms with E-state index in [0.29, 0.717) is 19.4 Å². The van der Waals surface area contributed by atoms with E-state index in [-0.39, 0.29) is 12.0 Å². The molecule has 1 rings (SSSR count). The molecule has 124 valence electrons. The van der Waals surface area contributed by atoms with Gasteiger partial charge in [-0.1, -0.05) is 57.7 Å². The zero-order valence-corrected chi connectivity index (χ0v) is 14.2. The second-order valence-corrected chi connectivity index (χ2v) is 6.03. The van der Waals surface area contributed by atoms with Crippen molar-refractivity contribution < 1.29 is 14.9 Å². The Morgan fingerprint density at radius 1 is 1.23 bits per heavy atom. The fraction of sp³-hybridized carbons (Fsp3) is 0.579. The van der Waals surface area contributed by atoms with Gasteiger partial charge in [0.2, 0.25) is 0 Å². The minimum atomic E-state index is -1.09. The van der Waals surface area contributed by atoms with E-state index in [0.717, 1.165) is 11.1 Å². The zero-order valence-electron chi connectivity index (χ0n) is 14.2. The molecule has 2 N–H and O–H groups in total. The quantitative estimate of drug-likeness (QED) is 0.684. The van der Waals surface area contributed by atoms with Gasteiger partial charge in [0, 0.05) is 5.92 Å². The molecule has 3 heteroatoms. The molecule has 1 aromatic rings. The summed E-state index contributed by atoms with van der Waals surface area (Å²) in [6, 6.07) is 9.88. The molecule has 0 unspecified atom stereocenters. The molecule has 0 aliphatic heterocycles. The summed E-state index contributed by atoms with van der Waals surface area (Å²) >= 11 is 0. The van der Waals surface area contributed by atoms with Crippen LogP contribution in [0.15, 0.2) is 42.5 Å². The minimum Gasteiger partial charge on any atom is -0.388 e.